The molecule has 6 aromatic heterocycles. The first-order valence-corrected chi connectivity index (χ1v) is 23.7. The van der Waals surface area contributed by atoms with Crippen molar-refractivity contribution in [3.63, 3.8) is 0 Å². The van der Waals surface area contributed by atoms with Gasteiger partial charge in [0.15, 0.2) is 11.6 Å². The van der Waals surface area contributed by atoms with Crippen LogP contribution < -0.4 is 20.5 Å². The summed E-state index contributed by atoms with van der Waals surface area (Å²) in [6.07, 6.45) is 9.37. The highest BCUT2D eigenvalue weighted by molar-refractivity contribution is 6.02. The number of amides is 2. The quantitative estimate of drug-likeness (QED) is 0.125. The van der Waals surface area contributed by atoms with Gasteiger partial charge in [0, 0.05) is 81.0 Å². The van der Waals surface area contributed by atoms with Crippen molar-refractivity contribution in [1.82, 2.24) is 48.0 Å². The molecule has 1 aliphatic carbocycles. The normalized spacial score (nSPS) is 19.4. The maximum absolute atomic E-state index is 14.6. The van der Waals surface area contributed by atoms with Crippen molar-refractivity contribution >= 4 is 61.6 Å². The van der Waals surface area contributed by atoms with Crippen molar-refractivity contribution in [2.24, 2.45) is 25.7 Å². The summed E-state index contributed by atoms with van der Waals surface area (Å²) in [5.41, 5.74) is 15.0. The smallest absolute Gasteiger partial charge is 0.254 e. The van der Waals surface area contributed by atoms with Crippen LogP contribution in [0.2, 0.25) is 0 Å². The number of nitrogens with zero attached hydrogens (tertiary/aromatic N) is 10. The number of carbonyl (C=O) groups excluding carboxylic acids is 2. The number of anilines is 1. The van der Waals surface area contributed by atoms with E-state index in [0.29, 0.717) is 59.2 Å². The first kappa shape index (κ1) is 42.7. The number of fused-ring (bicyclic) bond motifs is 6. The Hall–Kier alpha value is -6.94. The van der Waals surface area contributed by atoms with E-state index in [-0.39, 0.29) is 29.9 Å². The fourth-order valence-electron chi connectivity index (χ4n) is 11.4. The van der Waals surface area contributed by atoms with Gasteiger partial charge in [0.1, 0.15) is 33.8 Å². The lowest BCUT2D eigenvalue weighted by molar-refractivity contribution is 0.0697. The second-order valence-electron chi connectivity index (χ2n) is 18.7. The van der Waals surface area contributed by atoms with Gasteiger partial charge in [0.25, 0.3) is 11.8 Å². The van der Waals surface area contributed by atoms with Crippen molar-refractivity contribution < 1.29 is 19.1 Å². The molecule has 0 radical (unpaired) electrons. The highest BCUT2D eigenvalue weighted by Crippen LogP contribution is 2.42. The fraction of sp³-hybridized carbons (Fsp3) is 0.412. The SMILES string of the molecule is CCCn1c(-c2nc3cc(C(=O)N4C[C@H]5CC[C@@H]4[C@@H]5Nc4cnc5c(c4)cc(-c4nc6cc(C(=O)N7CCC[C@@H](N)C7)cc(OC)c6n4C)n5CCC)cc(OC)c3n2C)cc2cccnc21. The summed E-state index contributed by atoms with van der Waals surface area (Å²) in [6, 6.07) is 18.1. The fourth-order valence-corrected chi connectivity index (χ4v) is 11.4. The molecule has 0 unspecified atom stereocenters. The summed E-state index contributed by atoms with van der Waals surface area (Å²) in [5, 5.41) is 5.89. The van der Waals surface area contributed by atoms with Crippen molar-refractivity contribution in [3.8, 4) is 34.5 Å². The van der Waals surface area contributed by atoms with Gasteiger partial charge in [-0.15, -0.1) is 0 Å². The lowest BCUT2D eigenvalue weighted by atomic mass is 10.0. The van der Waals surface area contributed by atoms with E-state index in [2.05, 4.69) is 62.1 Å². The average Bonchev–Trinajstić information content (AvgIpc) is 4.20. The summed E-state index contributed by atoms with van der Waals surface area (Å²) in [7, 11) is 7.27. The minimum absolute atomic E-state index is 0.0168. The maximum atomic E-state index is 14.6. The molecule has 2 amide bonds. The van der Waals surface area contributed by atoms with Crippen LogP contribution in [0.1, 0.15) is 73.1 Å². The highest BCUT2D eigenvalue weighted by Gasteiger charge is 2.49. The van der Waals surface area contributed by atoms with E-state index in [1.54, 1.807) is 14.2 Å². The molecular formula is C51H58N12O4. The number of pyridine rings is 2. The largest absolute Gasteiger partial charge is 0.494 e. The molecule has 8 heterocycles. The summed E-state index contributed by atoms with van der Waals surface area (Å²) >= 11 is 0. The standard InChI is InChI=1S/C51H58N12O4/c1-7-16-61-39(22-29-11-9-15-53-46(29)61)48-57-37-21-33(25-42(67-6)45(37)58(48)3)51(65)63-27-30-13-14-38(63)43(30)55-35-19-31-23-40(62(17-8-2)47(31)54-26-35)49-56-36-20-32(24-41(66-5)44(36)59(49)4)50(64)60-18-10-12-34(52)28-60/h9,11,15,19-26,30,34,38,43,55H,7-8,10,12-14,16-18,27-28,52H2,1-6H3/t30-,34-,38-,43-/m1/s1. The van der Waals surface area contributed by atoms with Gasteiger partial charge in [-0.05, 0) is 99.0 Å². The van der Waals surface area contributed by atoms with E-state index in [0.717, 1.165) is 113 Å². The van der Waals surface area contributed by atoms with E-state index < -0.39 is 0 Å². The van der Waals surface area contributed by atoms with Crippen LogP contribution in [0.5, 0.6) is 11.5 Å². The van der Waals surface area contributed by atoms with Crippen molar-refractivity contribution in [3.05, 3.63) is 78.1 Å². The van der Waals surface area contributed by atoms with Crippen LogP contribution in [-0.2, 0) is 27.2 Å². The molecule has 3 fully saturated rings. The van der Waals surface area contributed by atoms with Crippen LogP contribution in [0.3, 0.4) is 0 Å². The molecule has 346 valence electrons. The summed E-state index contributed by atoms with van der Waals surface area (Å²) in [5.74, 6) is 2.98. The highest BCUT2D eigenvalue weighted by atomic mass is 16.5. The number of hydrogen-bond acceptors (Lipinski definition) is 10. The molecule has 16 heteroatoms. The van der Waals surface area contributed by atoms with E-state index in [1.165, 1.54) is 0 Å². The molecule has 0 spiro atoms. The number of imidazole rings is 2. The van der Waals surface area contributed by atoms with Crippen molar-refractivity contribution in [2.75, 3.05) is 39.2 Å². The van der Waals surface area contributed by atoms with Gasteiger partial charge in [-0.2, -0.15) is 0 Å². The minimum Gasteiger partial charge on any atom is -0.494 e. The third-order valence-corrected chi connectivity index (χ3v) is 14.5. The molecule has 3 aliphatic rings. The van der Waals surface area contributed by atoms with Crippen LogP contribution in [0.4, 0.5) is 5.69 Å². The second-order valence-corrected chi connectivity index (χ2v) is 18.7. The lowest BCUT2D eigenvalue weighted by Gasteiger charge is -2.30. The molecule has 2 aliphatic heterocycles. The first-order chi connectivity index (χ1) is 32.6. The van der Waals surface area contributed by atoms with Gasteiger partial charge in [-0.3, -0.25) is 9.59 Å². The number of benzene rings is 2. The second kappa shape index (κ2) is 16.7. The van der Waals surface area contributed by atoms with Gasteiger partial charge >= 0.3 is 0 Å². The van der Waals surface area contributed by atoms with Gasteiger partial charge in [0.05, 0.1) is 60.6 Å². The Balaban J connectivity index is 0.872. The third kappa shape index (κ3) is 6.97. The zero-order chi connectivity index (χ0) is 46.2. The number of nitrogens with two attached hydrogens (primary N) is 1. The Morgan fingerprint density at radius 2 is 1.39 bits per heavy atom. The molecular weight excluding hydrogens is 845 g/mol. The van der Waals surface area contributed by atoms with Crippen molar-refractivity contribution in [2.45, 2.75) is 83.6 Å². The Kier molecular flexibility index (Phi) is 10.7. The summed E-state index contributed by atoms with van der Waals surface area (Å²) < 4.78 is 20.4. The Morgan fingerprint density at radius 1 is 0.761 bits per heavy atom. The lowest BCUT2D eigenvalue weighted by Crippen LogP contribution is -2.45. The molecule has 4 atom stereocenters. The van der Waals surface area contributed by atoms with E-state index >= 15 is 0 Å². The van der Waals surface area contributed by atoms with E-state index in [4.69, 9.17) is 30.2 Å². The Bertz CT molecular complexity index is 3250. The summed E-state index contributed by atoms with van der Waals surface area (Å²) in [6.45, 7) is 7.77. The van der Waals surface area contributed by atoms with Gasteiger partial charge in [0.2, 0.25) is 0 Å². The van der Waals surface area contributed by atoms with Crippen LogP contribution >= 0.6 is 0 Å². The van der Waals surface area contributed by atoms with Gasteiger partial charge < -0.3 is 48.6 Å². The first-order valence-electron chi connectivity index (χ1n) is 23.7. The number of aromatic nitrogens is 8. The number of carbonyl (C=O) groups is 2. The maximum Gasteiger partial charge on any atom is 0.254 e. The van der Waals surface area contributed by atoms with Crippen LogP contribution in [0, 0.1) is 5.92 Å². The number of methoxy groups -OCH3 is 2. The van der Waals surface area contributed by atoms with Crippen LogP contribution in [0.15, 0.2) is 67.0 Å². The molecule has 2 bridgehead atoms. The molecule has 16 nitrogen and oxygen atoms in total. The number of hydrogen-bond donors (Lipinski definition) is 2. The van der Waals surface area contributed by atoms with Crippen molar-refractivity contribution in [1.29, 1.82) is 0 Å². The van der Waals surface area contributed by atoms with Gasteiger partial charge in [-0.25, -0.2) is 19.9 Å². The number of likely N-dealkylation sites (tertiary alicyclic amines) is 2. The number of rotatable bonds is 12. The average molecular weight is 903 g/mol. The Morgan fingerprint density at radius 3 is 2.01 bits per heavy atom. The van der Waals surface area contributed by atoms with E-state index in [1.807, 2.05) is 71.2 Å². The zero-order valence-corrected chi connectivity index (χ0v) is 39.1. The predicted molar refractivity (Wildman–Crippen MR) is 261 cm³/mol. The molecule has 2 saturated heterocycles. The molecule has 8 aromatic rings. The molecule has 2 aromatic carbocycles. The molecule has 11 rings (SSSR count). The summed E-state index contributed by atoms with van der Waals surface area (Å²) in [4.78, 5) is 52.2. The van der Waals surface area contributed by atoms with Crippen LogP contribution in [-0.4, -0.2) is 112 Å². The number of ether oxygens (including phenoxy) is 2. The minimum atomic E-state index is -0.0585. The number of aryl methyl sites for hydroxylation is 4. The number of piperidine rings is 2. The molecule has 3 N–H and O–H groups in total. The predicted octanol–water partition coefficient (Wildman–Crippen LogP) is 7.61. The van der Waals surface area contributed by atoms with Crippen LogP contribution in [0.25, 0.3) is 67.2 Å². The van der Waals surface area contributed by atoms with E-state index in [9.17, 15) is 9.59 Å². The zero-order valence-electron chi connectivity index (χ0n) is 39.1. The topological polar surface area (TPSA) is 168 Å². The van der Waals surface area contributed by atoms with Gasteiger partial charge in [-0.1, -0.05) is 13.8 Å². The monoisotopic (exact) mass is 902 g/mol. The Labute approximate surface area is 388 Å². The number of nitrogens with one attached hydrogen (secondary N) is 1. The molecule has 67 heavy (non-hydrogen) atoms. The molecule has 1 saturated carbocycles. The third-order valence-electron chi connectivity index (χ3n) is 14.5.